The molecule has 0 aliphatic carbocycles. The monoisotopic (exact) mass is 276 g/mol. The zero-order valence-electron chi connectivity index (χ0n) is 12.6. The molecule has 0 saturated carbocycles. The molecule has 0 unspecified atom stereocenters. The third-order valence-corrected chi connectivity index (χ3v) is 3.17. The highest BCUT2D eigenvalue weighted by Gasteiger charge is 2.16. The first-order valence-electron chi connectivity index (χ1n) is 7.20. The third-order valence-electron chi connectivity index (χ3n) is 3.17. The van der Waals surface area contributed by atoms with Gasteiger partial charge in [-0.3, -0.25) is 4.79 Å². The van der Waals surface area contributed by atoms with Crippen LogP contribution in [0.5, 0.6) is 5.75 Å². The molecule has 0 spiro atoms. The number of piperazine rings is 1. The number of nitrogens with zero attached hydrogens (tertiary/aromatic N) is 1. The highest BCUT2D eigenvalue weighted by molar-refractivity contribution is 5.78. The van der Waals surface area contributed by atoms with E-state index in [2.05, 4.69) is 5.32 Å². The average molecular weight is 276 g/mol. The van der Waals surface area contributed by atoms with Gasteiger partial charge in [-0.15, -0.1) is 0 Å². The molecule has 0 radical (unpaired) electrons. The molecule has 4 nitrogen and oxygen atoms in total. The van der Waals surface area contributed by atoms with E-state index < -0.39 is 0 Å². The van der Waals surface area contributed by atoms with Gasteiger partial charge in [-0.1, -0.05) is 12.1 Å². The van der Waals surface area contributed by atoms with Crippen molar-refractivity contribution in [2.24, 2.45) is 0 Å². The third kappa shape index (κ3) is 4.53. The van der Waals surface area contributed by atoms with Gasteiger partial charge in [-0.05, 0) is 38.5 Å². The van der Waals surface area contributed by atoms with Crippen LogP contribution in [0.15, 0.2) is 24.3 Å². The van der Waals surface area contributed by atoms with E-state index in [9.17, 15) is 4.79 Å². The van der Waals surface area contributed by atoms with Gasteiger partial charge in [0.15, 0.2) is 0 Å². The molecule has 1 fully saturated rings. The lowest BCUT2D eigenvalue weighted by Crippen LogP contribution is -2.46. The predicted molar refractivity (Wildman–Crippen MR) is 80.0 cm³/mol. The van der Waals surface area contributed by atoms with E-state index in [4.69, 9.17) is 4.74 Å². The smallest absolute Gasteiger partial charge is 0.227 e. The summed E-state index contributed by atoms with van der Waals surface area (Å²) in [7, 11) is 0. The summed E-state index contributed by atoms with van der Waals surface area (Å²) in [5.41, 5.74) is 0.841. The van der Waals surface area contributed by atoms with Crippen molar-refractivity contribution < 1.29 is 9.53 Å². The van der Waals surface area contributed by atoms with Crippen molar-refractivity contribution in [3.05, 3.63) is 29.8 Å². The summed E-state index contributed by atoms with van der Waals surface area (Å²) in [5, 5.41) is 3.25. The standard InChI is InChI=1S/C16H24N2O2/c1-16(2,3)20-14-6-4-13(5-7-14)12-15(19)18-10-8-17-9-11-18/h4-7,17H,8-12H2,1-3H3. The first kappa shape index (κ1) is 14.9. The van der Waals surface area contributed by atoms with Crippen molar-refractivity contribution in [2.45, 2.75) is 32.8 Å². The van der Waals surface area contributed by atoms with Crippen molar-refractivity contribution in [1.29, 1.82) is 0 Å². The highest BCUT2D eigenvalue weighted by atomic mass is 16.5. The molecule has 20 heavy (non-hydrogen) atoms. The number of ether oxygens (including phenoxy) is 1. The molecule has 1 aliphatic heterocycles. The van der Waals surface area contributed by atoms with Crippen LogP contribution in [0.2, 0.25) is 0 Å². The molecule has 1 heterocycles. The van der Waals surface area contributed by atoms with Crippen molar-refractivity contribution in [3.63, 3.8) is 0 Å². The lowest BCUT2D eigenvalue weighted by atomic mass is 10.1. The van der Waals surface area contributed by atoms with E-state index in [-0.39, 0.29) is 11.5 Å². The average Bonchev–Trinajstić information content (AvgIpc) is 2.40. The van der Waals surface area contributed by atoms with Crippen LogP contribution in [0.4, 0.5) is 0 Å². The van der Waals surface area contributed by atoms with Crippen molar-refractivity contribution in [2.75, 3.05) is 26.2 Å². The van der Waals surface area contributed by atoms with Crippen LogP contribution in [-0.2, 0) is 11.2 Å². The van der Waals surface area contributed by atoms with Gasteiger partial charge in [0.05, 0.1) is 6.42 Å². The number of hydrogen-bond donors (Lipinski definition) is 1. The first-order valence-corrected chi connectivity index (χ1v) is 7.20. The topological polar surface area (TPSA) is 41.6 Å². The Hall–Kier alpha value is -1.55. The molecule has 110 valence electrons. The van der Waals surface area contributed by atoms with Crippen LogP contribution in [0.25, 0.3) is 0 Å². The summed E-state index contributed by atoms with van der Waals surface area (Å²) in [6, 6.07) is 7.82. The zero-order chi connectivity index (χ0) is 14.6. The predicted octanol–water partition coefficient (Wildman–Crippen LogP) is 1.84. The lowest BCUT2D eigenvalue weighted by molar-refractivity contribution is -0.131. The summed E-state index contributed by atoms with van der Waals surface area (Å²) >= 11 is 0. The minimum Gasteiger partial charge on any atom is -0.488 e. The van der Waals surface area contributed by atoms with Gasteiger partial charge >= 0.3 is 0 Å². The second-order valence-corrected chi connectivity index (χ2v) is 6.17. The Morgan fingerprint density at radius 1 is 1.20 bits per heavy atom. The number of carbonyl (C=O) groups excluding carboxylic acids is 1. The summed E-state index contributed by atoms with van der Waals surface area (Å²) in [4.78, 5) is 14.1. The van der Waals surface area contributed by atoms with Crippen molar-refractivity contribution >= 4 is 5.91 Å². The quantitative estimate of drug-likeness (QED) is 0.916. The van der Waals surface area contributed by atoms with Gasteiger partial charge < -0.3 is 15.0 Å². The maximum absolute atomic E-state index is 12.1. The number of benzene rings is 1. The summed E-state index contributed by atoms with van der Waals surface area (Å²) in [6.07, 6.45) is 0.468. The lowest BCUT2D eigenvalue weighted by Gasteiger charge is -2.27. The molecule has 2 rings (SSSR count). The van der Waals surface area contributed by atoms with Crippen LogP contribution in [0.3, 0.4) is 0 Å². The molecule has 1 aromatic carbocycles. The Kier molecular flexibility index (Phi) is 4.65. The van der Waals surface area contributed by atoms with E-state index in [0.717, 1.165) is 37.5 Å². The Balaban J connectivity index is 1.91. The zero-order valence-corrected chi connectivity index (χ0v) is 12.6. The maximum Gasteiger partial charge on any atom is 0.227 e. The Bertz CT molecular complexity index is 443. The Morgan fingerprint density at radius 3 is 2.35 bits per heavy atom. The molecule has 4 heteroatoms. The number of rotatable bonds is 3. The molecule has 0 aromatic heterocycles. The van der Waals surface area contributed by atoms with E-state index in [1.54, 1.807) is 0 Å². The second-order valence-electron chi connectivity index (χ2n) is 6.17. The van der Waals surface area contributed by atoms with Gasteiger partial charge in [-0.2, -0.15) is 0 Å². The number of carbonyl (C=O) groups is 1. The van der Waals surface area contributed by atoms with Crippen LogP contribution >= 0.6 is 0 Å². The van der Waals surface area contributed by atoms with E-state index in [0.29, 0.717) is 6.42 Å². The molecular weight excluding hydrogens is 252 g/mol. The van der Waals surface area contributed by atoms with Crippen LogP contribution in [0.1, 0.15) is 26.3 Å². The number of nitrogens with one attached hydrogen (secondary N) is 1. The number of amides is 1. The fourth-order valence-corrected chi connectivity index (χ4v) is 2.23. The molecule has 1 N–H and O–H groups in total. The second kappa shape index (κ2) is 6.27. The fourth-order valence-electron chi connectivity index (χ4n) is 2.23. The van der Waals surface area contributed by atoms with E-state index in [1.165, 1.54) is 0 Å². The normalized spacial score (nSPS) is 16.1. The molecular formula is C16H24N2O2. The van der Waals surface area contributed by atoms with Gasteiger partial charge in [-0.25, -0.2) is 0 Å². The van der Waals surface area contributed by atoms with E-state index >= 15 is 0 Å². The molecule has 1 aromatic rings. The first-order chi connectivity index (χ1) is 9.44. The van der Waals surface area contributed by atoms with E-state index in [1.807, 2.05) is 49.9 Å². The molecule has 1 aliphatic rings. The van der Waals surface area contributed by atoms with Crippen molar-refractivity contribution in [3.8, 4) is 5.75 Å². The summed E-state index contributed by atoms with van der Waals surface area (Å²) in [5.74, 6) is 1.05. The summed E-state index contributed by atoms with van der Waals surface area (Å²) in [6.45, 7) is 9.47. The van der Waals surface area contributed by atoms with Gasteiger partial charge in [0.2, 0.25) is 5.91 Å². The maximum atomic E-state index is 12.1. The molecule has 1 saturated heterocycles. The van der Waals surface area contributed by atoms with Crippen molar-refractivity contribution in [1.82, 2.24) is 10.2 Å². The minimum atomic E-state index is -0.196. The van der Waals surface area contributed by atoms with Gasteiger partial charge in [0, 0.05) is 26.2 Å². The SMILES string of the molecule is CC(C)(C)Oc1ccc(CC(=O)N2CCNCC2)cc1. The van der Waals surface area contributed by atoms with Gasteiger partial charge in [0.1, 0.15) is 11.4 Å². The van der Waals surface area contributed by atoms with Crippen LogP contribution in [-0.4, -0.2) is 42.6 Å². The summed E-state index contributed by atoms with van der Waals surface area (Å²) < 4.78 is 5.77. The fraction of sp³-hybridized carbons (Fsp3) is 0.562. The Morgan fingerprint density at radius 2 is 1.80 bits per heavy atom. The largest absolute Gasteiger partial charge is 0.488 e. The number of hydrogen-bond acceptors (Lipinski definition) is 3. The molecule has 0 bridgehead atoms. The molecule has 0 atom stereocenters. The minimum absolute atomic E-state index is 0.196. The molecule has 1 amide bonds. The van der Waals surface area contributed by atoms with Gasteiger partial charge in [0.25, 0.3) is 0 Å². The van der Waals surface area contributed by atoms with Crippen LogP contribution in [0, 0.1) is 0 Å². The highest BCUT2D eigenvalue weighted by Crippen LogP contribution is 2.19. The van der Waals surface area contributed by atoms with Crippen LogP contribution < -0.4 is 10.1 Å². The Labute approximate surface area is 121 Å².